The third-order valence-electron chi connectivity index (χ3n) is 7.05. The molecule has 2 heteroatoms. The normalized spacial score (nSPS) is 39.7. The zero-order valence-corrected chi connectivity index (χ0v) is 14.4. The number of carbonyl (C=O) groups excluding carboxylic acids is 2. The highest BCUT2D eigenvalue weighted by molar-refractivity contribution is 6.09. The standard InChI is InChI=1S/C20H32O2/c1-14-6-10-16(11-7-14)20(17-12-8-15(2)9-13-17)18(21)4-3-5-19(20)22/h14-17H,3-13H2,1-2H3. The molecule has 2 nitrogen and oxygen atoms in total. The zero-order valence-electron chi connectivity index (χ0n) is 14.4. The predicted molar refractivity (Wildman–Crippen MR) is 88.5 cm³/mol. The molecular weight excluding hydrogens is 272 g/mol. The van der Waals surface area contributed by atoms with Crippen LogP contribution in [0, 0.1) is 29.1 Å². The van der Waals surface area contributed by atoms with Crippen LogP contribution in [0.15, 0.2) is 0 Å². The molecule has 0 radical (unpaired) electrons. The van der Waals surface area contributed by atoms with Crippen molar-refractivity contribution in [2.75, 3.05) is 0 Å². The summed E-state index contributed by atoms with van der Waals surface area (Å²) < 4.78 is 0. The Balaban J connectivity index is 1.91. The maximum absolute atomic E-state index is 13.1. The molecule has 0 N–H and O–H groups in total. The van der Waals surface area contributed by atoms with E-state index < -0.39 is 5.41 Å². The molecule has 22 heavy (non-hydrogen) atoms. The van der Waals surface area contributed by atoms with Crippen molar-refractivity contribution >= 4 is 11.6 Å². The molecule has 0 heterocycles. The number of carbonyl (C=O) groups is 2. The number of ketones is 2. The Morgan fingerprint density at radius 2 is 1.05 bits per heavy atom. The molecule has 3 fully saturated rings. The van der Waals surface area contributed by atoms with Gasteiger partial charge in [0.25, 0.3) is 0 Å². The van der Waals surface area contributed by atoms with Gasteiger partial charge in [0.05, 0.1) is 5.41 Å². The third kappa shape index (κ3) is 2.67. The SMILES string of the molecule is CC1CCC(C2(C3CCC(C)CC3)C(=O)CCCC2=O)CC1. The van der Waals surface area contributed by atoms with Crippen molar-refractivity contribution in [1.29, 1.82) is 0 Å². The van der Waals surface area contributed by atoms with Crippen LogP contribution in [0.4, 0.5) is 0 Å². The first-order valence-corrected chi connectivity index (χ1v) is 9.61. The fraction of sp³-hybridized carbons (Fsp3) is 0.900. The first kappa shape index (κ1) is 16.2. The largest absolute Gasteiger partial charge is 0.299 e. The van der Waals surface area contributed by atoms with Gasteiger partial charge in [-0.3, -0.25) is 9.59 Å². The first-order valence-electron chi connectivity index (χ1n) is 9.61. The van der Waals surface area contributed by atoms with Gasteiger partial charge in [0, 0.05) is 12.8 Å². The highest BCUT2D eigenvalue weighted by atomic mass is 16.2. The molecule has 0 aromatic rings. The molecule has 3 aliphatic rings. The fourth-order valence-corrected chi connectivity index (χ4v) is 5.65. The lowest BCUT2D eigenvalue weighted by Gasteiger charge is -2.49. The van der Waals surface area contributed by atoms with Crippen LogP contribution >= 0.6 is 0 Å². The van der Waals surface area contributed by atoms with Crippen LogP contribution in [0.2, 0.25) is 0 Å². The number of Topliss-reactive ketones (excluding diaryl/α,β-unsaturated/α-hetero) is 2. The van der Waals surface area contributed by atoms with Gasteiger partial charge in [-0.25, -0.2) is 0 Å². The van der Waals surface area contributed by atoms with Crippen LogP contribution < -0.4 is 0 Å². The van der Waals surface area contributed by atoms with Gasteiger partial charge < -0.3 is 0 Å². The van der Waals surface area contributed by atoms with Gasteiger partial charge in [0.2, 0.25) is 0 Å². The van der Waals surface area contributed by atoms with Crippen molar-refractivity contribution in [3.8, 4) is 0 Å². The summed E-state index contributed by atoms with van der Waals surface area (Å²) in [6, 6.07) is 0. The van der Waals surface area contributed by atoms with Crippen molar-refractivity contribution in [1.82, 2.24) is 0 Å². The Labute approximate surface area is 135 Å². The minimum Gasteiger partial charge on any atom is -0.299 e. The number of hydrogen-bond donors (Lipinski definition) is 0. The lowest BCUT2D eigenvalue weighted by molar-refractivity contribution is -0.156. The average molecular weight is 304 g/mol. The minimum absolute atomic E-state index is 0.322. The van der Waals surface area contributed by atoms with E-state index in [1.807, 2.05) is 0 Å². The topological polar surface area (TPSA) is 34.1 Å². The van der Waals surface area contributed by atoms with Gasteiger partial charge in [-0.05, 0) is 55.8 Å². The second kappa shape index (κ2) is 6.45. The Hall–Kier alpha value is -0.660. The van der Waals surface area contributed by atoms with Crippen molar-refractivity contribution in [2.24, 2.45) is 29.1 Å². The summed E-state index contributed by atoms with van der Waals surface area (Å²) in [5.41, 5.74) is -0.571. The van der Waals surface area contributed by atoms with Gasteiger partial charge in [-0.2, -0.15) is 0 Å². The summed E-state index contributed by atoms with van der Waals surface area (Å²) in [6.45, 7) is 4.63. The van der Waals surface area contributed by atoms with E-state index in [2.05, 4.69) is 13.8 Å². The second-order valence-corrected chi connectivity index (χ2v) is 8.48. The van der Waals surface area contributed by atoms with Crippen molar-refractivity contribution in [3.63, 3.8) is 0 Å². The molecule has 0 aromatic carbocycles. The molecule has 124 valence electrons. The molecule has 0 unspecified atom stereocenters. The van der Waals surface area contributed by atoms with E-state index in [0.717, 1.165) is 43.9 Å². The van der Waals surface area contributed by atoms with Crippen molar-refractivity contribution in [2.45, 2.75) is 84.5 Å². The maximum atomic E-state index is 13.1. The maximum Gasteiger partial charge on any atom is 0.146 e. The van der Waals surface area contributed by atoms with Crippen LogP contribution in [0.3, 0.4) is 0 Å². The Morgan fingerprint density at radius 3 is 1.41 bits per heavy atom. The van der Waals surface area contributed by atoms with Gasteiger partial charge in [-0.1, -0.05) is 39.5 Å². The highest BCUT2D eigenvalue weighted by Crippen LogP contribution is 2.54. The molecule has 0 aliphatic heterocycles. The summed E-state index contributed by atoms with van der Waals surface area (Å²) in [5, 5.41) is 0. The van der Waals surface area contributed by atoms with E-state index in [0.29, 0.717) is 36.2 Å². The van der Waals surface area contributed by atoms with Crippen LogP contribution in [0.25, 0.3) is 0 Å². The second-order valence-electron chi connectivity index (χ2n) is 8.48. The summed E-state index contributed by atoms with van der Waals surface area (Å²) >= 11 is 0. The van der Waals surface area contributed by atoms with Gasteiger partial charge in [-0.15, -0.1) is 0 Å². The quantitative estimate of drug-likeness (QED) is 0.677. The predicted octanol–water partition coefficient (Wildman–Crippen LogP) is 4.95. The summed E-state index contributed by atoms with van der Waals surface area (Å²) in [5.74, 6) is 2.89. The minimum atomic E-state index is -0.571. The van der Waals surface area contributed by atoms with Crippen LogP contribution in [-0.4, -0.2) is 11.6 Å². The van der Waals surface area contributed by atoms with E-state index in [-0.39, 0.29) is 0 Å². The van der Waals surface area contributed by atoms with Crippen LogP contribution in [0.1, 0.15) is 84.5 Å². The highest BCUT2D eigenvalue weighted by Gasteiger charge is 2.57. The monoisotopic (exact) mass is 304 g/mol. The van der Waals surface area contributed by atoms with E-state index in [1.54, 1.807) is 0 Å². The Kier molecular flexibility index (Phi) is 4.75. The molecule has 0 aromatic heterocycles. The van der Waals surface area contributed by atoms with E-state index in [9.17, 15) is 9.59 Å². The van der Waals surface area contributed by atoms with E-state index in [4.69, 9.17) is 0 Å². The molecule has 0 bridgehead atoms. The molecule has 3 aliphatic carbocycles. The summed E-state index contributed by atoms with van der Waals surface area (Å²) in [6.07, 6.45) is 11.3. The van der Waals surface area contributed by atoms with E-state index in [1.165, 1.54) is 25.7 Å². The number of rotatable bonds is 2. The molecule has 0 amide bonds. The lowest BCUT2D eigenvalue weighted by atomic mass is 9.51. The summed E-state index contributed by atoms with van der Waals surface area (Å²) in [7, 11) is 0. The molecule has 0 spiro atoms. The lowest BCUT2D eigenvalue weighted by Crippen LogP contribution is -2.54. The smallest absolute Gasteiger partial charge is 0.146 e. The summed E-state index contributed by atoms with van der Waals surface area (Å²) in [4.78, 5) is 26.1. The Bertz CT molecular complexity index is 383. The average Bonchev–Trinajstić information content (AvgIpc) is 2.51. The van der Waals surface area contributed by atoms with Crippen molar-refractivity contribution in [3.05, 3.63) is 0 Å². The molecular formula is C20H32O2. The van der Waals surface area contributed by atoms with Crippen molar-refractivity contribution < 1.29 is 9.59 Å². The van der Waals surface area contributed by atoms with Crippen LogP contribution in [0.5, 0.6) is 0 Å². The molecule has 0 saturated heterocycles. The van der Waals surface area contributed by atoms with E-state index >= 15 is 0 Å². The van der Waals surface area contributed by atoms with Gasteiger partial charge >= 0.3 is 0 Å². The molecule has 0 atom stereocenters. The first-order chi connectivity index (χ1) is 10.5. The number of hydrogen-bond acceptors (Lipinski definition) is 2. The third-order valence-corrected chi connectivity index (χ3v) is 7.05. The van der Waals surface area contributed by atoms with Gasteiger partial charge in [0.15, 0.2) is 0 Å². The zero-order chi connectivity index (χ0) is 15.7. The molecule has 3 rings (SSSR count). The fourth-order valence-electron chi connectivity index (χ4n) is 5.65. The molecule has 3 saturated carbocycles. The Morgan fingerprint density at radius 1 is 0.682 bits per heavy atom. The van der Waals surface area contributed by atoms with Crippen LogP contribution in [-0.2, 0) is 9.59 Å². The van der Waals surface area contributed by atoms with Gasteiger partial charge in [0.1, 0.15) is 11.6 Å².